The van der Waals surface area contributed by atoms with Crippen LogP contribution in [0.2, 0.25) is 0 Å². The lowest BCUT2D eigenvalue weighted by Gasteiger charge is -2.44. The van der Waals surface area contributed by atoms with E-state index in [0.717, 1.165) is 43.2 Å². The number of unbranched alkanes of at least 4 members (excludes halogenated alkanes) is 1. The molecule has 0 saturated heterocycles. The molecule has 0 bridgehead atoms. The van der Waals surface area contributed by atoms with Gasteiger partial charge in [-0.25, -0.2) is 4.39 Å². The topological polar surface area (TPSA) is 7.98 Å². The molecule has 49 heavy (non-hydrogen) atoms. The smallest absolute Gasteiger partial charge is 0.207 e. The summed E-state index contributed by atoms with van der Waals surface area (Å²) < 4.78 is 21.5. The van der Waals surface area contributed by atoms with Crippen molar-refractivity contribution in [2.24, 2.45) is 0 Å². The van der Waals surface area contributed by atoms with Gasteiger partial charge < -0.3 is 0 Å². The zero-order valence-corrected chi connectivity index (χ0v) is 29.6. The average Bonchev–Trinajstić information content (AvgIpc) is 3.11. The van der Waals surface area contributed by atoms with Crippen molar-refractivity contribution in [2.45, 2.75) is 90.5 Å². The van der Waals surface area contributed by atoms with Gasteiger partial charge in [-0.2, -0.15) is 8.97 Å². The van der Waals surface area contributed by atoms with E-state index < -0.39 is 5.41 Å². The third-order valence-electron chi connectivity index (χ3n) is 12.5. The van der Waals surface area contributed by atoms with Crippen LogP contribution >= 0.6 is 0 Å². The maximum atomic E-state index is 16.5. The predicted molar refractivity (Wildman–Crippen MR) is 200 cm³/mol. The molecular formula is C46H45FN2+2. The van der Waals surface area contributed by atoms with Gasteiger partial charge in [-0.05, 0) is 83.7 Å². The molecular weight excluding hydrogens is 600 g/mol. The number of benzene rings is 4. The van der Waals surface area contributed by atoms with Crippen molar-refractivity contribution in [2.75, 3.05) is 0 Å². The summed E-state index contributed by atoms with van der Waals surface area (Å²) in [5.74, 6) is -0.0973. The van der Waals surface area contributed by atoms with Crippen molar-refractivity contribution in [1.29, 1.82) is 0 Å². The molecule has 3 aromatic heterocycles. The van der Waals surface area contributed by atoms with Gasteiger partial charge >= 0.3 is 0 Å². The summed E-state index contributed by atoms with van der Waals surface area (Å²) in [5, 5.41) is 7.66. The van der Waals surface area contributed by atoms with Crippen LogP contribution in [-0.2, 0) is 17.3 Å². The van der Waals surface area contributed by atoms with Crippen LogP contribution < -0.4 is 8.97 Å². The third-order valence-corrected chi connectivity index (χ3v) is 12.5. The maximum absolute atomic E-state index is 16.5. The maximum Gasteiger partial charge on any atom is 0.258 e. The second-order valence-corrected chi connectivity index (χ2v) is 15.3. The van der Waals surface area contributed by atoms with E-state index >= 15 is 4.39 Å². The van der Waals surface area contributed by atoms with Gasteiger partial charge in [-0.3, -0.25) is 0 Å². The Morgan fingerprint density at radius 3 is 2.35 bits per heavy atom. The van der Waals surface area contributed by atoms with Crippen molar-refractivity contribution < 1.29 is 13.4 Å². The van der Waals surface area contributed by atoms with Crippen molar-refractivity contribution in [1.82, 2.24) is 0 Å². The number of aryl methyl sites for hydroxylation is 2. The van der Waals surface area contributed by atoms with Gasteiger partial charge in [-0.1, -0.05) is 95.1 Å². The SMILES string of the molecule is CCCCc1ccc2c3c4[n+](ccc13)C(c1cc3ccc(C)cc3c3c5ccccc5cc[n+]13)C(CC)(CC)c1ccc(F)c(c1-4)C2(C)C. The van der Waals surface area contributed by atoms with Crippen LogP contribution in [0.1, 0.15) is 99.9 Å². The first-order chi connectivity index (χ1) is 23.7. The molecule has 4 heterocycles. The molecule has 1 unspecified atom stereocenters. The Morgan fingerprint density at radius 1 is 0.755 bits per heavy atom. The van der Waals surface area contributed by atoms with Gasteiger partial charge in [0.2, 0.25) is 11.2 Å². The summed E-state index contributed by atoms with van der Waals surface area (Å²) in [4.78, 5) is 0. The molecule has 0 spiro atoms. The lowest BCUT2D eigenvalue weighted by atomic mass is 9.59. The highest BCUT2D eigenvalue weighted by Gasteiger charge is 2.58. The first kappa shape index (κ1) is 30.4. The van der Waals surface area contributed by atoms with Crippen LogP contribution in [0.25, 0.3) is 49.1 Å². The standard InChI is InChI=1S/C46H45FN2/c1-7-10-13-29-18-19-35-39-32(29)23-25-49-43(39)40-36(20-21-37(47)41(40)45(35,5)6)46(8-2,9-3)44(49)38-27-31-17-16-28(4)26-34(31)42-33-15-12-11-14-30(33)22-24-48(38)42/h11-12,14-27,44H,7-10,13H2,1-6H3/q+2. The highest BCUT2D eigenvalue weighted by molar-refractivity contribution is 6.08. The number of fused-ring (bicyclic) bond motifs is 5. The Kier molecular flexibility index (Phi) is 6.63. The van der Waals surface area contributed by atoms with Crippen LogP contribution in [0.15, 0.2) is 97.3 Å². The normalized spacial score (nSPS) is 17.0. The van der Waals surface area contributed by atoms with Gasteiger partial charge in [0.05, 0.1) is 27.1 Å². The van der Waals surface area contributed by atoms with Gasteiger partial charge in [0.15, 0.2) is 12.4 Å². The first-order valence-corrected chi connectivity index (χ1v) is 18.4. The summed E-state index contributed by atoms with van der Waals surface area (Å²) >= 11 is 0. The van der Waals surface area contributed by atoms with E-state index in [0.29, 0.717) is 0 Å². The van der Waals surface area contributed by atoms with Gasteiger partial charge in [0.25, 0.3) is 11.7 Å². The second kappa shape index (κ2) is 10.7. The second-order valence-electron chi connectivity index (χ2n) is 15.3. The van der Waals surface area contributed by atoms with E-state index in [9.17, 15) is 0 Å². The quantitative estimate of drug-likeness (QED) is 0.126. The van der Waals surface area contributed by atoms with E-state index in [1.165, 1.54) is 71.5 Å². The number of nitrogens with zero attached hydrogens (tertiary/aromatic N) is 2. The molecule has 0 radical (unpaired) electrons. The molecule has 2 aliphatic rings. The van der Waals surface area contributed by atoms with Crippen LogP contribution in [0.5, 0.6) is 0 Å². The minimum atomic E-state index is -0.468. The van der Waals surface area contributed by atoms with Crippen molar-refractivity contribution in [3.05, 3.63) is 137 Å². The Hall–Kier alpha value is -4.63. The van der Waals surface area contributed by atoms with Crippen LogP contribution in [-0.4, -0.2) is 0 Å². The minimum Gasteiger partial charge on any atom is -0.207 e. The monoisotopic (exact) mass is 644 g/mol. The molecule has 4 aromatic carbocycles. The molecule has 0 saturated carbocycles. The fraction of sp³-hybridized carbons (Fsp3) is 0.304. The van der Waals surface area contributed by atoms with Crippen LogP contribution in [0, 0.1) is 12.7 Å². The van der Waals surface area contributed by atoms with Crippen LogP contribution in [0.3, 0.4) is 0 Å². The fourth-order valence-electron chi connectivity index (χ4n) is 10.0. The minimum absolute atomic E-state index is 0.0135. The van der Waals surface area contributed by atoms with E-state index in [-0.39, 0.29) is 17.3 Å². The molecule has 244 valence electrons. The lowest BCUT2D eigenvalue weighted by molar-refractivity contribution is -0.731. The number of aromatic nitrogens is 2. The molecule has 9 rings (SSSR count). The number of hydrogen-bond donors (Lipinski definition) is 0. The highest BCUT2D eigenvalue weighted by atomic mass is 19.1. The third kappa shape index (κ3) is 3.93. The molecule has 7 aromatic rings. The molecule has 0 N–H and O–H groups in total. The van der Waals surface area contributed by atoms with E-state index in [1.807, 2.05) is 0 Å². The Morgan fingerprint density at radius 2 is 1.55 bits per heavy atom. The lowest BCUT2D eigenvalue weighted by Crippen LogP contribution is -2.59. The zero-order chi connectivity index (χ0) is 33.8. The van der Waals surface area contributed by atoms with Gasteiger partial charge in [0, 0.05) is 29.2 Å². The van der Waals surface area contributed by atoms with E-state index in [1.54, 1.807) is 6.07 Å². The Balaban J connectivity index is 1.49. The molecule has 1 aliphatic heterocycles. The fourth-order valence-corrected chi connectivity index (χ4v) is 10.0. The van der Waals surface area contributed by atoms with Gasteiger partial charge in [0.1, 0.15) is 5.82 Å². The van der Waals surface area contributed by atoms with E-state index in [2.05, 4.69) is 142 Å². The number of halogens is 1. The number of hydrogen-bond acceptors (Lipinski definition) is 0. The van der Waals surface area contributed by atoms with Crippen molar-refractivity contribution in [3.8, 4) is 11.3 Å². The summed E-state index contributed by atoms with van der Waals surface area (Å²) in [7, 11) is 0. The number of rotatable bonds is 6. The molecule has 0 fully saturated rings. The molecule has 0 amide bonds. The van der Waals surface area contributed by atoms with Crippen LogP contribution in [0.4, 0.5) is 4.39 Å². The average molecular weight is 645 g/mol. The molecule has 1 aliphatic carbocycles. The Labute approximate surface area is 288 Å². The largest absolute Gasteiger partial charge is 0.258 e. The summed E-state index contributed by atoms with van der Waals surface area (Å²) in [6.45, 7) is 13.6. The van der Waals surface area contributed by atoms with Gasteiger partial charge in [-0.15, -0.1) is 0 Å². The molecule has 1 atom stereocenters. The predicted octanol–water partition coefficient (Wildman–Crippen LogP) is 10.9. The highest BCUT2D eigenvalue weighted by Crippen LogP contribution is 2.57. The zero-order valence-electron chi connectivity index (χ0n) is 29.6. The Bertz CT molecular complexity index is 2520. The first-order valence-electron chi connectivity index (χ1n) is 18.4. The van der Waals surface area contributed by atoms with E-state index in [4.69, 9.17) is 0 Å². The van der Waals surface area contributed by atoms with Crippen molar-refractivity contribution in [3.63, 3.8) is 0 Å². The molecule has 3 heteroatoms. The summed E-state index contributed by atoms with van der Waals surface area (Å²) in [5.41, 5.74) is 10.1. The molecule has 2 nitrogen and oxygen atoms in total. The van der Waals surface area contributed by atoms with Crippen molar-refractivity contribution >= 4 is 37.8 Å². The number of pyridine rings is 3. The summed E-state index contributed by atoms with van der Waals surface area (Å²) in [6, 6.07) is 31.3. The summed E-state index contributed by atoms with van der Waals surface area (Å²) in [6.07, 6.45) is 9.87.